The summed E-state index contributed by atoms with van der Waals surface area (Å²) < 4.78 is 50.8. The molecule has 1 saturated heterocycles. The summed E-state index contributed by atoms with van der Waals surface area (Å²) in [4.78, 5) is 11.4. The highest BCUT2D eigenvalue weighted by Gasteiger charge is 2.52. The van der Waals surface area contributed by atoms with E-state index in [9.17, 15) is 13.6 Å². The first-order valence-corrected chi connectivity index (χ1v) is 9.13. The smallest absolute Gasteiger partial charge is 0.485 e. The second-order valence-electron chi connectivity index (χ2n) is 7.67. The highest BCUT2D eigenvalue weighted by molar-refractivity contribution is 6.62. The molecule has 1 atom stereocenters. The Balaban J connectivity index is 2.08. The fraction of sp³-hybridized carbons (Fsp3) is 0.632. The zero-order valence-electron chi connectivity index (χ0n) is 16.7. The lowest BCUT2D eigenvalue weighted by Gasteiger charge is -2.32. The minimum Gasteiger partial charge on any atom is -0.485 e. The molecule has 1 aliphatic heterocycles. The summed E-state index contributed by atoms with van der Waals surface area (Å²) in [7, 11) is -0.866. The van der Waals surface area contributed by atoms with Gasteiger partial charge in [-0.05, 0) is 65.6 Å². The largest absolute Gasteiger partial charge is 0.495 e. The number of hydrogen-bond acceptors (Lipinski definition) is 5. The van der Waals surface area contributed by atoms with E-state index in [-0.39, 0.29) is 30.9 Å². The van der Waals surface area contributed by atoms with Crippen molar-refractivity contribution in [3.63, 3.8) is 0 Å². The third-order valence-corrected chi connectivity index (χ3v) is 4.93. The Morgan fingerprint density at radius 2 is 1.67 bits per heavy atom. The van der Waals surface area contributed by atoms with Gasteiger partial charge in [-0.25, -0.2) is 8.78 Å². The van der Waals surface area contributed by atoms with Gasteiger partial charge in [-0.15, -0.1) is 0 Å². The van der Waals surface area contributed by atoms with Gasteiger partial charge < -0.3 is 18.8 Å². The molecule has 1 heterocycles. The molecule has 5 nitrogen and oxygen atoms in total. The minimum absolute atomic E-state index is 0.115. The summed E-state index contributed by atoms with van der Waals surface area (Å²) in [5.41, 5.74) is -0.974. The molecule has 27 heavy (non-hydrogen) atoms. The van der Waals surface area contributed by atoms with Gasteiger partial charge in [-0.3, -0.25) is 4.79 Å². The Labute approximate surface area is 159 Å². The molecular formula is C19H27BF2O5. The van der Waals surface area contributed by atoms with Crippen LogP contribution in [0.25, 0.3) is 0 Å². The predicted molar refractivity (Wildman–Crippen MR) is 98.0 cm³/mol. The van der Waals surface area contributed by atoms with E-state index in [2.05, 4.69) is 0 Å². The lowest BCUT2D eigenvalue weighted by molar-refractivity contribution is -0.143. The summed E-state index contributed by atoms with van der Waals surface area (Å²) in [5, 5.41) is 0. The second kappa shape index (κ2) is 8.14. The maximum Gasteiger partial charge on any atom is 0.495 e. The molecule has 0 spiro atoms. The van der Waals surface area contributed by atoms with Crippen LogP contribution in [0.15, 0.2) is 12.1 Å². The fourth-order valence-corrected chi connectivity index (χ4v) is 2.62. The first-order valence-electron chi connectivity index (χ1n) is 9.13. The topological polar surface area (TPSA) is 54.0 Å². The van der Waals surface area contributed by atoms with Crippen molar-refractivity contribution in [1.29, 1.82) is 0 Å². The molecule has 0 bridgehead atoms. The number of benzene rings is 1. The van der Waals surface area contributed by atoms with Gasteiger partial charge in [0.15, 0.2) is 17.4 Å². The molecule has 0 aromatic heterocycles. The van der Waals surface area contributed by atoms with Crippen molar-refractivity contribution in [2.75, 3.05) is 6.61 Å². The van der Waals surface area contributed by atoms with Crippen LogP contribution in [-0.2, 0) is 18.8 Å². The predicted octanol–water partition coefficient (Wildman–Crippen LogP) is 3.37. The summed E-state index contributed by atoms with van der Waals surface area (Å²) in [6.07, 6.45) is -0.151. The molecular weight excluding hydrogens is 357 g/mol. The van der Waals surface area contributed by atoms with E-state index < -0.39 is 41.8 Å². The van der Waals surface area contributed by atoms with Gasteiger partial charge in [0, 0.05) is 6.42 Å². The van der Waals surface area contributed by atoms with Gasteiger partial charge in [0.2, 0.25) is 0 Å². The molecule has 0 saturated carbocycles. The molecule has 0 N–H and O–H groups in total. The summed E-state index contributed by atoms with van der Waals surface area (Å²) in [6.45, 7) is 11.1. The van der Waals surface area contributed by atoms with Gasteiger partial charge in [0.1, 0.15) is 0 Å². The Hall–Kier alpha value is -1.67. The van der Waals surface area contributed by atoms with Crippen LogP contribution in [0.5, 0.6) is 5.75 Å². The SMILES string of the molecule is CCOC(=O)CCC(C)Oc1c(F)cc(B2OC(C)(C)C(C)(C)O2)cc1F. The highest BCUT2D eigenvalue weighted by Crippen LogP contribution is 2.37. The number of esters is 1. The second-order valence-corrected chi connectivity index (χ2v) is 7.67. The highest BCUT2D eigenvalue weighted by atomic mass is 19.1. The zero-order chi connectivity index (χ0) is 20.4. The van der Waals surface area contributed by atoms with Crippen molar-refractivity contribution in [2.24, 2.45) is 0 Å². The quantitative estimate of drug-likeness (QED) is 0.533. The maximum atomic E-state index is 14.5. The molecule has 2 rings (SSSR count). The molecule has 0 amide bonds. The lowest BCUT2D eigenvalue weighted by Crippen LogP contribution is -2.41. The van der Waals surface area contributed by atoms with Crippen LogP contribution in [-0.4, -0.2) is 37.0 Å². The average molecular weight is 384 g/mol. The third kappa shape index (κ3) is 4.99. The van der Waals surface area contributed by atoms with Crippen LogP contribution < -0.4 is 10.2 Å². The van der Waals surface area contributed by atoms with Crippen LogP contribution >= 0.6 is 0 Å². The molecule has 1 fully saturated rings. The van der Waals surface area contributed by atoms with Crippen LogP contribution in [0, 0.1) is 11.6 Å². The van der Waals surface area contributed by atoms with Gasteiger partial charge in [0.25, 0.3) is 0 Å². The average Bonchev–Trinajstić information content (AvgIpc) is 2.77. The minimum atomic E-state index is -0.866. The van der Waals surface area contributed by atoms with E-state index in [0.29, 0.717) is 0 Å². The summed E-state index contributed by atoms with van der Waals surface area (Å²) in [6, 6.07) is 2.30. The third-order valence-electron chi connectivity index (χ3n) is 4.93. The Morgan fingerprint density at radius 1 is 1.15 bits per heavy atom. The normalized spacial score (nSPS) is 19.0. The molecule has 1 aromatic rings. The molecule has 8 heteroatoms. The fourth-order valence-electron chi connectivity index (χ4n) is 2.62. The van der Waals surface area contributed by atoms with Gasteiger partial charge >= 0.3 is 13.1 Å². The van der Waals surface area contributed by atoms with Crippen LogP contribution in [0.1, 0.15) is 54.4 Å². The van der Waals surface area contributed by atoms with E-state index in [1.807, 2.05) is 27.7 Å². The molecule has 0 radical (unpaired) electrons. The maximum absolute atomic E-state index is 14.5. The van der Waals surface area contributed by atoms with Crippen molar-refractivity contribution in [3.8, 4) is 5.75 Å². The van der Waals surface area contributed by atoms with Crippen molar-refractivity contribution in [3.05, 3.63) is 23.8 Å². The van der Waals surface area contributed by atoms with Crippen LogP contribution in [0.4, 0.5) is 8.78 Å². The Bertz CT molecular complexity index is 654. The van der Waals surface area contributed by atoms with Crippen molar-refractivity contribution in [2.45, 2.75) is 71.7 Å². The van der Waals surface area contributed by atoms with Crippen molar-refractivity contribution in [1.82, 2.24) is 0 Å². The van der Waals surface area contributed by atoms with Gasteiger partial charge in [-0.2, -0.15) is 0 Å². The molecule has 1 aliphatic rings. The summed E-state index contributed by atoms with van der Waals surface area (Å²) in [5.74, 6) is -2.54. The van der Waals surface area contributed by atoms with E-state index in [0.717, 1.165) is 12.1 Å². The number of carbonyl (C=O) groups excluding carboxylic acids is 1. The van der Waals surface area contributed by atoms with Crippen LogP contribution in [0.2, 0.25) is 0 Å². The molecule has 150 valence electrons. The Kier molecular flexibility index (Phi) is 6.53. The number of hydrogen-bond donors (Lipinski definition) is 0. The lowest BCUT2D eigenvalue weighted by atomic mass is 9.79. The summed E-state index contributed by atoms with van der Waals surface area (Å²) >= 11 is 0. The van der Waals surface area contributed by atoms with E-state index in [1.165, 1.54) is 0 Å². The standard InChI is InChI=1S/C19H27BF2O5/c1-7-24-16(23)9-8-12(2)25-17-14(21)10-13(11-15(17)22)20-26-18(3,4)19(5,6)27-20/h10-12H,7-9H2,1-6H3. The number of rotatable bonds is 7. The van der Waals surface area contributed by atoms with Crippen LogP contribution in [0.3, 0.4) is 0 Å². The number of carbonyl (C=O) groups is 1. The number of ether oxygens (including phenoxy) is 2. The monoisotopic (exact) mass is 384 g/mol. The zero-order valence-corrected chi connectivity index (χ0v) is 16.7. The number of halogens is 2. The van der Waals surface area contributed by atoms with E-state index >= 15 is 0 Å². The van der Waals surface area contributed by atoms with Gasteiger partial charge in [0.05, 0.1) is 23.9 Å². The molecule has 1 aromatic carbocycles. The Morgan fingerprint density at radius 3 is 2.15 bits per heavy atom. The van der Waals surface area contributed by atoms with Crippen molar-refractivity contribution < 1.29 is 32.4 Å². The van der Waals surface area contributed by atoms with Crippen molar-refractivity contribution >= 4 is 18.6 Å². The molecule has 1 unspecified atom stereocenters. The first-order chi connectivity index (χ1) is 12.5. The van der Waals surface area contributed by atoms with E-state index in [1.54, 1.807) is 13.8 Å². The van der Waals surface area contributed by atoms with E-state index in [4.69, 9.17) is 18.8 Å². The molecule has 0 aliphatic carbocycles. The van der Waals surface area contributed by atoms with Gasteiger partial charge in [-0.1, -0.05) is 0 Å². The first kappa shape index (κ1) is 21.6.